The number of nitrogens with zero attached hydrogens (tertiary/aromatic N) is 2. The van der Waals surface area contributed by atoms with Crippen molar-refractivity contribution in [3.63, 3.8) is 0 Å². The lowest BCUT2D eigenvalue weighted by atomic mass is 10.0. The van der Waals surface area contributed by atoms with Crippen molar-refractivity contribution in [3.8, 4) is 16.9 Å². The maximum Gasteiger partial charge on any atom is 0.280 e. The van der Waals surface area contributed by atoms with E-state index in [1.54, 1.807) is 23.0 Å². The molecular formula is C24H27N4O4+. The number of fused-ring (bicyclic) bond motifs is 2. The molecule has 3 aliphatic rings. The van der Waals surface area contributed by atoms with Crippen LogP contribution in [0.25, 0.3) is 11.1 Å². The van der Waals surface area contributed by atoms with Crippen molar-refractivity contribution in [2.24, 2.45) is 0 Å². The zero-order chi connectivity index (χ0) is 22.2. The van der Waals surface area contributed by atoms with Crippen LogP contribution in [0.15, 0.2) is 42.5 Å². The van der Waals surface area contributed by atoms with Crippen molar-refractivity contribution in [2.45, 2.75) is 24.9 Å². The van der Waals surface area contributed by atoms with Crippen molar-refractivity contribution in [1.29, 1.82) is 0 Å². The predicted molar refractivity (Wildman–Crippen MR) is 118 cm³/mol. The largest absolute Gasteiger partial charge is 0.497 e. The van der Waals surface area contributed by atoms with Crippen LogP contribution in [0.3, 0.4) is 0 Å². The molecule has 3 amide bonds. The highest BCUT2D eigenvalue weighted by atomic mass is 16.5. The van der Waals surface area contributed by atoms with Gasteiger partial charge >= 0.3 is 0 Å². The molecule has 2 atom stereocenters. The number of hydrogen-bond acceptors (Lipinski definition) is 4. The minimum atomic E-state index is -0.682. The number of methoxy groups -OCH3 is 1. The lowest BCUT2D eigenvalue weighted by Gasteiger charge is -2.39. The van der Waals surface area contributed by atoms with Crippen LogP contribution in [-0.4, -0.2) is 72.9 Å². The van der Waals surface area contributed by atoms with Gasteiger partial charge in [-0.3, -0.25) is 14.4 Å². The van der Waals surface area contributed by atoms with Gasteiger partial charge in [0.05, 0.1) is 31.5 Å². The topological polar surface area (TPSA) is 95.6 Å². The van der Waals surface area contributed by atoms with E-state index in [2.05, 4.69) is 10.6 Å². The zero-order valence-corrected chi connectivity index (χ0v) is 18.0. The van der Waals surface area contributed by atoms with E-state index in [0.29, 0.717) is 24.3 Å². The monoisotopic (exact) mass is 435 g/mol. The number of quaternary nitrogens is 1. The first-order chi connectivity index (χ1) is 15.5. The van der Waals surface area contributed by atoms with Crippen LogP contribution in [0.1, 0.15) is 23.2 Å². The minimum absolute atomic E-state index is 0.0599. The van der Waals surface area contributed by atoms with Crippen molar-refractivity contribution in [2.75, 3.05) is 38.6 Å². The molecule has 0 radical (unpaired) electrons. The second kappa shape index (κ2) is 8.27. The third-order valence-corrected chi connectivity index (χ3v) is 6.67. The summed E-state index contributed by atoms with van der Waals surface area (Å²) in [4.78, 5) is 42.7. The van der Waals surface area contributed by atoms with Crippen LogP contribution in [-0.2, 0) is 9.59 Å². The summed E-state index contributed by atoms with van der Waals surface area (Å²) in [6.45, 7) is 2.00. The molecule has 2 aromatic rings. The molecule has 2 fully saturated rings. The van der Waals surface area contributed by atoms with E-state index in [1.807, 2.05) is 36.4 Å². The Morgan fingerprint density at radius 3 is 2.59 bits per heavy atom. The van der Waals surface area contributed by atoms with E-state index in [-0.39, 0.29) is 30.3 Å². The van der Waals surface area contributed by atoms with Crippen LogP contribution in [0, 0.1) is 0 Å². The molecule has 8 heteroatoms. The lowest BCUT2D eigenvalue weighted by Crippen LogP contribution is -2.89. The van der Waals surface area contributed by atoms with Crippen LogP contribution in [0.5, 0.6) is 5.75 Å². The maximum atomic E-state index is 13.4. The number of carbonyl (C=O) groups is 3. The third-order valence-electron chi connectivity index (χ3n) is 6.67. The summed E-state index contributed by atoms with van der Waals surface area (Å²) >= 11 is 0. The molecule has 0 aromatic heterocycles. The smallest absolute Gasteiger partial charge is 0.280 e. The first-order valence-corrected chi connectivity index (χ1v) is 11.1. The molecule has 2 saturated heterocycles. The molecule has 0 saturated carbocycles. The van der Waals surface area contributed by atoms with Gasteiger partial charge in [0.25, 0.3) is 11.8 Å². The summed E-state index contributed by atoms with van der Waals surface area (Å²) in [6, 6.07) is 12.4. The number of amides is 3. The SMILES string of the molecule is COc1ccc(-c2ccc3c(c2)C(=O)N2CCN(C(=O)[C@H]4CCC[NH2+]4)C[C@H]2C(=O)N3)cc1. The Labute approximate surface area is 186 Å². The Morgan fingerprint density at radius 2 is 1.88 bits per heavy atom. The first kappa shape index (κ1) is 20.5. The zero-order valence-electron chi connectivity index (χ0n) is 18.0. The molecule has 2 aromatic carbocycles. The van der Waals surface area contributed by atoms with Crippen LogP contribution >= 0.6 is 0 Å². The Morgan fingerprint density at radius 1 is 1.09 bits per heavy atom. The van der Waals surface area contributed by atoms with Crippen molar-refractivity contribution in [3.05, 3.63) is 48.0 Å². The molecule has 0 aliphatic carbocycles. The van der Waals surface area contributed by atoms with Gasteiger partial charge in [-0.25, -0.2) is 0 Å². The van der Waals surface area contributed by atoms with Gasteiger partial charge in [0.1, 0.15) is 11.8 Å². The maximum absolute atomic E-state index is 13.4. The van der Waals surface area contributed by atoms with E-state index in [0.717, 1.165) is 36.3 Å². The number of piperazine rings is 1. The van der Waals surface area contributed by atoms with Crippen LogP contribution in [0.2, 0.25) is 0 Å². The molecule has 3 N–H and O–H groups in total. The van der Waals surface area contributed by atoms with Gasteiger partial charge in [-0.15, -0.1) is 0 Å². The number of anilines is 1. The third kappa shape index (κ3) is 3.60. The standard InChI is InChI=1S/C24H26N4O4/c1-32-17-7-4-15(5-8-17)16-6-9-19-18(13-16)23(30)28-12-11-27(14-21(28)22(29)26-19)24(31)20-3-2-10-25-20/h4-9,13,20-21,25H,2-3,10-12,14H2,1H3,(H,26,29)/p+1/t20-,21+/m1/s1. The number of carbonyl (C=O) groups excluding carboxylic acids is 3. The Balaban J connectivity index is 1.40. The predicted octanol–water partition coefficient (Wildman–Crippen LogP) is 0.693. The summed E-state index contributed by atoms with van der Waals surface area (Å²) in [5, 5.41) is 4.98. The van der Waals surface area contributed by atoms with Gasteiger partial charge in [0.2, 0.25) is 5.91 Å². The molecule has 3 heterocycles. The highest BCUT2D eigenvalue weighted by Gasteiger charge is 2.42. The second-order valence-electron chi connectivity index (χ2n) is 8.55. The van der Waals surface area contributed by atoms with Gasteiger partial charge < -0.3 is 25.2 Å². The molecule has 0 bridgehead atoms. The molecule has 166 valence electrons. The van der Waals surface area contributed by atoms with Crippen LogP contribution < -0.4 is 15.4 Å². The van der Waals surface area contributed by atoms with Crippen molar-refractivity contribution in [1.82, 2.24) is 9.80 Å². The number of ether oxygens (including phenoxy) is 1. The molecule has 3 aliphatic heterocycles. The number of nitrogens with one attached hydrogen (secondary N) is 1. The van der Waals surface area contributed by atoms with E-state index >= 15 is 0 Å². The summed E-state index contributed by atoms with van der Waals surface area (Å²) in [6.07, 6.45) is 1.90. The molecular weight excluding hydrogens is 408 g/mol. The van der Waals surface area contributed by atoms with Crippen LogP contribution in [0.4, 0.5) is 5.69 Å². The lowest BCUT2D eigenvalue weighted by molar-refractivity contribution is -0.658. The number of hydrogen-bond donors (Lipinski definition) is 2. The number of rotatable bonds is 3. The fraction of sp³-hybridized carbons (Fsp3) is 0.375. The van der Waals surface area contributed by atoms with E-state index in [9.17, 15) is 14.4 Å². The van der Waals surface area contributed by atoms with E-state index in [4.69, 9.17) is 4.74 Å². The summed E-state index contributed by atoms with van der Waals surface area (Å²) in [5.41, 5.74) is 2.82. The van der Waals surface area contributed by atoms with Gasteiger partial charge in [-0.1, -0.05) is 18.2 Å². The summed E-state index contributed by atoms with van der Waals surface area (Å²) in [7, 11) is 1.62. The van der Waals surface area contributed by atoms with Crippen molar-refractivity contribution < 1.29 is 24.4 Å². The highest BCUT2D eigenvalue weighted by molar-refractivity contribution is 6.10. The van der Waals surface area contributed by atoms with E-state index < -0.39 is 6.04 Å². The molecule has 0 spiro atoms. The Bertz CT molecular complexity index is 1060. The average Bonchev–Trinajstić information content (AvgIpc) is 3.35. The van der Waals surface area contributed by atoms with Crippen molar-refractivity contribution >= 4 is 23.4 Å². The van der Waals surface area contributed by atoms with Gasteiger partial charge in [0, 0.05) is 25.9 Å². The number of benzene rings is 2. The summed E-state index contributed by atoms with van der Waals surface area (Å²) in [5.74, 6) is 0.406. The Kier molecular flexibility index (Phi) is 5.30. The first-order valence-electron chi connectivity index (χ1n) is 11.1. The molecule has 0 unspecified atom stereocenters. The average molecular weight is 436 g/mol. The molecule has 32 heavy (non-hydrogen) atoms. The van der Waals surface area contributed by atoms with Gasteiger partial charge in [-0.05, 0) is 35.4 Å². The molecule has 8 nitrogen and oxygen atoms in total. The second-order valence-corrected chi connectivity index (χ2v) is 8.55. The van der Waals surface area contributed by atoms with Gasteiger partial charge in [-0.2, -0.15) is 0 Å². The fourth-order valence-electron chi connectivity index (χ4n) is 4.85. The minimum Gasteiger partial charge on any atom is -0.497 e. The molecule has 5 rings (SSSR count). The number of nitrogens with two attached hydrogens (primary N) is 1. The normalized spacial score (nSPS) is 22.7. The van der Waals surface area contributed by atoms with Gasteiger partial charge in [0.15, 0.2) is 6.04 Å². The highest BCUT2D eigenvalue weighted by Crippen LogP contribution is 2.31. The summed E-state index contributed by atoms with van der Waals surface area (Å²) < 4.78 is 5.22. The quantitative estimate of drug-likeness (QED) is 0.742. The Hall–Kier alpha value is -3.39. The fourth-order valence-corrected chi connectivity index (χ4v) is 4.85. The van der Waals surface area contributed by atoms with E-state index in [1.165, 1.54) is 0 Å².